The van der Waals surface area contributed by atoms with Crippen molar-refractivity contribution in [2.75, 3.05) is 0 Å². The quantitative estimate of drug-likeness (QED) is 0.507. The standard InChI is InChI=1S/C22H16O2/c23-19-11-9-16-10-12-21(24)22(20(16)14-19)18-8-4-7-17(13-18)15-5-2-1-3-6-15/h1-14,23-24H. The van der Waals surface area contributed by atoms with Gasteiger partial charge in [-0.1, -0.05) is 60.7 Å². The SMILES string of the molecule is Oc1ccc2ccc(O)c(-c3cccc(-c4ccccc4)c3)c2c1. The van der Waals surface area contributed by atoms with Gasteiger partial charge in [-0.25, -0.2) is 0 Å². The minimum Gasteiger partial charge on any atom is -0.508 e. The highest BCUT2D eigenvalue weighted by molar-refractivity contribution is 6.00. The number of aromatic hydroxyl groups is 2. The zero-order valence-corrected chi connectivity index (χ0v) is 13.0. The van der Waals surface area contributed by atoms with Gasteiger partial charge in [0.25, 0.3) is 0 Å². The molecule has 4 rings (SSSR count). The van der Waals surface area contributed by atoms with Gasteiger partial charge in [0.15, 0.2) is 0 Å². The number of phenolic OH excluding ortho intramolecular Hbond substituents is 2. The van der Waals surface area contributed by atoms with Crippen LogP contribution < -0.4 is 0 Å². The zero-order chi connectivity index (χ0) is 16.5. The molecule has 0 radical (unpaired) electrons. The fourth-order valence-electron chi connectivity index (χ4n) is 3.08. The number of hydrogen-bond acceptors (Lipinski definition) is 2. The molecule has 24 heavy (non-hydrogen) atoms. The summed E-state index contributed by atoms with van der Waals surface area (Å²) in [5.41, 5.74) is 3.87. The minimum atomic E-state index is 0.188. The Morgan fingerprint density at radius 3 is 2.08 bits per heavy atom. The lowest BCUT2D eigenvalue weighted by Crippen LogP contribution is -1.85. The van der Waals surface area contributed by atoms with E-state index in [4.69, 9.17) is 0 Å². The smallest absolute Gasteiger partial charge is 0.124 e. The lowest BCUT2D eigenvalue weighted by atomic mass is 9.94. The molecule has 116 valence electrons. The molecule has 2 N–H and O–H groups in total. The van der Waals surface area contributed by atoms with Gasteiger partial charge in [0, 0.05) is 5.56 Å². The molecule has 0 bridgehead atoms. The molecule has 0 saturated carbocycles. The lowest BCUT2D eigenvalue weighted by molar-refractivity contribution is 0.475. The monoisotopic (exact) mass is 312 g/mol. The molecule has 0 aliphatic heterocycles. The van der Waals surface area contributed by atoms with E-state index >= 15 is 0 Å². The third-order valence-electron chi connectivity index (χ3n) is 4.24. The van der Waals surface area contributed by atoms with Crippen molar-refractivity contribution in [2.24, 2.45) is 0 Å². The first-order valence-electron chi connectivity index (χ1n) is 7.83. The molecular formula is C22H16O2. The van der Waals surface area contributed by atoms with E-state index in [0.29, 0.717) is 0 Å². The summed E-state index contributed by atoms with van der Waals surface area (Å²) in [6, 6.07) is 27.0. The Balaban J connectivity index is 1.95. The van der Waals surface area contributed by atoms with Crippen molar-refractivity contribution >= 4 is 10.8 Å². The maximum Gasteiger partial charge on any atom is 0.124 e. The molecule has 0 spiro atoms. The Bertz CT molecular complexity index is 1020. The number of phenols is 2. The number of hydrogen-bond donors (Lipinski definition) is 2. The van der Waals surface area contributed by atoms with Crippen LogP contribution in [0.3, 0.4) is 0 Å². The molecular weight excluding hydrogens is 296 g/mol. The van der Waals surface area contributed by atoms with Crippen LogP contribution in [0.15, 0.2) is 84.9 Å². The second-order valence-electron chi connectivity index (χ2n) is 5.81. The molecule has 0 saturated heterocycles. The summed E-state index contributed by atoms with van der Waals surface area (Å²) in [5, 5.41) is 22.1. The molecule has 0 heterocycles. The molecule has 0 atom stereocenters. The number of rotatable bonds is 2. The van der Waals surface area contributed by atoms with E-state index in [1.165, 1.54) is 0 Å². The van der Waals surface area contributed by atoms with Gasteiger partial charge in [-0.05, 0) is 51.7 Å². The summed E-state index contributed by atoms with van der Waals surface area (Å²) < 4.78 is 0. The highest BCUT2D eigenvalue weighted by atomic mass is 16.3. The van der Waals surface area contributed by atoms with Gasteiger partial charge in [0.05, 0.1) is 0 Å². The number of benzene rings is 4. The molecule has 2 heteroatoms. The van der Waals surface area contributed by atoms with Crippen LogP contribution in [0.2, 0.25) is 0 Å². The van der Waals surface area contributed by atoms with Crippen molar-refractivity contribution in [3.63, 3.8) is 0 Å². The van der Waals surface area contributed by atoms with E-state index in [-0.39, 0.29) is 11.5 Å². The van der Waals surface area contributed by atoms with Gasteiger partial charge in [0.2, 0.25) is 0 Å². The topological polar surface area (TPSA) is 40.5 Å². The second kappa shape index (κ2) is 5.74. The molecule has 0 unspecified atom stereocenters. The van der Waals surface area contributed by atoms with Gasteiger partial charge in [-0.2, -0.15) is 0 Å². The van der Waals surface area contributed by atoms with Crippen molar-refractivity contribution in [1.29, 1.82) is 0 Å². The second-order valence-corrected chi connectivity index (χ2v) is 5.81. The summed E-state index contributed by atoms with van der Waals surface area (Å²) >= 11 is 0. The van der Waals surface area contributed by atoms with Gasteiger partial charge < -0.3 is 10.2 Å². The normalized spacial score (nSPS) is 10.8. The Morgan fingerprint density at radius 1 is 0.542 bits per heavy atom. The highest BCUT2D eigenvalue weighted by Crippen LogP contribution is 2.39. The third kappa shape index (κ3) is 2.48. The minimum absolute atomic E-state index is 0.188. The predicted octanol–water partition coefficient (Wildman–Crippen LogP) is 5.59. The van der Waals surface area contributed by atoms with Gasteiger partial charge >= 0.3 is 0 Å². The maximum absolute atomic E-state index is 10.4. The van der Waals surface area contributed by atoms with Crippen molar-refractivity contribution in [3.05, 3.63) is 84.9 Å². The van der Waals surface area contributed by atoms with Crippen LogP contribution in [0, 0.1) is 0 Å². The van der Waals surface area contributed by atoms with E-state index in [0.717, 1.165) is 33.0 Å². The molecule has 2 nitrogen and oxygen atoms in total. The van der Waals surface area contributed by atoms with Crippen LogP contribution in [0.25, 0.3) is 33.0 Å². The van der Waals surface area contributed by atoms with Crippen LogP contribution in [0.1, 0.15) is 0 Å². The molecule has 0 fully saturated rings. The van der Waals surface area contributed by atoms with Gasteiger partial charge in [-0.15, -0.1) is 0 Å². The molecule has 0 amide bonds. The summed E-state index contributed by atoms with van der Waals surface area (Å²) in [6.45, 7) is 0. The maximum atomic E-state index is 10.4. The Labute approximate surface area is 140 Å². The fraction of sp³-hybridized carbons (Fsp3) is 0. The first-order chi connectivity index (χ1) is 11.7. The van der Waals surface area contributed by atoms with Crippen LogP contribution in [0.4, 0.5) is 0 Å². The largest absolute Gasteiger partial charge is 0.508 e. The molecule has 0 aliphatic rings. The van der Waals surface area contributed by atoms with Crippen molar-refractivity contribution in [2.45, 2.75) is 0 Å². The molecule has 4 aromatic carbocycles. The van der Waals surface area contributed by atoms with Crippen molar-refractivity contribution in [3.8, 4) is 33.8 Å². The van der Waals surface area contributed by atoms with Crippen LogP contribution in [-0.2, 0) is 0 Å². The highest BCUT2D eigenvalue weighted by Gasteiger charge is 2.11. The van der Waals surface area contributed by atoms with Crippen molar-refractivity contribution < 1.29 is 10.2 Å². The van der Waals surface area contributed by atoms with Crippen LogP contribution in [-0.4, -0.2) is 10.2 Å². The number of fused-ring (bicyclic) bond motifs is 1. The summed E-state index contributed by atoms with van der Waals surface area (Å²) in [6.07, 6.45) is 0. The molecule has 0 aromatic heterocycles. The first kappa shape index (κ1) is 14.3. The van der Waals surface area contributed by atoms with E-state index in [1.807, 2.05) is 42.5 Å². The molecule has 4 aromatic rings. The third-order valence-corrected chi connectivity index (χ3v) is 4.24. The lowest BCUT2D eigenvalue weighted by Gasteiger charge is -2.11. The first-order valence-corrected chi connectivity index (χ1v) is 7.83. The average molecular weight is 312 g/mol. The Hall–Kier alpha value is -3.26. The van der Waals surface area contributed by atoms with Crippen LogP contribution >= 0.6 is 0 Å². The zero-order valence-electron chi connectivity index (χ0n) is 13.0. The van der Waals surface area contributed by atoms with Crippen LogP contribution in [0.5, 0.6) is 11.5 Å². The van der Waals surface area contributed by atoms with E-state index in [1.54, 1.807) is 18.2 Å². The Morgan fingerprint density at radius 2 is 1.25 bits per heavy atom. The van der Waals surface area contributed by atoms with E-state index < -0.39 is 0 Å². The van der Waals surface area contributed by atoms with E-state index in [9.17, 15) is 10.2 Å². The Kier molecular flexibility index (Phi) is 3.43. The van der Waals surface area contributed by atoms with Gasteiger partial charge in [-0.3, -0.25) is 0 Å². The fourth-order valence-corrected chi connectivity index (χ4v) is 3.08. The summed E-state index contributed by atoms with van der Waals surface area (Å²) in [5.74, 6) is 0.395. The molecule has 0 aliphatic carbocycles. The van der Waals surface area contributed by atoms with E-state index in [2.05, 4.69) is 24.3 Å². The summed E-state index contributed by atoms with van der Waals surface area (Å²) in [7, 11) is 0. The van der Waals surface area contributed by atoms with Crippen molar-refractivity contribution in [1.82, 2.24) is 0 Å². The van der Waals surface area contributed by atoms with Gasteiger partial charge in [0.1, 0.15) is 11.5 Å². The predicted molar refractivity (Wildman–Crippen MR) is 98.1 cm³/mol. The summed E-state index contributed by atoms with van der Waals surface area (Å²) in [4.78, 5) is 0. The average Bonchev–Trinajstić information content (AvgIpc) is 2.62.